The third kappa shape index (κ3) is 4.33. The summed E-state index contributed by atoms with van der Waals surface area (Å²) >= 11 is 0. The van der Waals surface area contributed by atoms with Gasteiger partial charge < -0.3 is 15.3 Å². The van der Waals surface area contributed by atoms with Gasteiger partial charge in [0.25, 0.3) is 0 Å². The normalized spacial score (nSPS) is 27.6. The highest BCUT2D eigenvalue weighted by Gasteiger charge is 2.41. The van der Waals surface area contributed by atoms with Crippen molar-refractivity contribution in [3.8, 4) is 0 Å². The Hall–Kier alpha value is -1.59. The maximum atomic E-state index is 12.5. The molecule has 0 spiro atoms. The summed E-state index contributed by atoms with van der Waals surface area (Å²) < 4.78 is 0. The van der Waals surface area contributed by atoms with Crippen LogP contribution in [-0.4, -0.2) is 59.8 Å². The van der Waals surface area contributed by atoms with E-state index in [4.69, 9.17) is 0 Å². The largest absolute Gasteiger partial charge is 0.394 e. The number of benzene rings is 1. The van der Waals surface area contributed by atoms with Crippen molar-refractivity contribution in [1.29, 1.82) is 0 Å². The van der Waals surface area contributed by atoms with Gasteiger partial charge in [0.05, 0.1) is 12.6 Å². The van der Waals surface area contributed by atoms with Crippen molar-refractivity contribution >= 4 is 6.03 Å². The lowest BCUT2D eigenvalue weighted by atomic mass is 9.78. The molecule has 1 heterocycles. The topological polar surface area (TPSA) is 55.8 Å². The van der Waals surface area contributed by atoms with E-state index in [2.05, 4.69) is 40.5 Å². The molecule has 1 saturated heterocycles. The lowest BCUT2D eigenvalue weighted by Crippen LogP contribution is -2.51. The first-order chi connectivity index (χ1) is 12.1. The minimum atomic E-state index is -0.155. The van der Waals surface area contributed by atoms with Crippen LogP contribution >= 0.6 is 0 Å². The molecule has 4 atom stereocenters. The van der Waals surface area contributed by atoms with Crippen molar-refractivity contribution in [2.75, 3.05) is 26.7 Å². The third-order valence-electron chi connectivity index (χ3n) is 5.98. The fraction of sp³-hybridized carbons (Fsp3) is 0.650. The number of likely N-dealkylation sites (tertiary alicyclic amines) is 1. The predicted octanol–water partition coefficient (Wildman–Crippen LogP) is 2.31. The monoisotopic (exact) mass is 345 g/mol. The average molecular weight is 345 g/mol. The lowest BCUT2D eigenvalue weighted by molar-refractivity contribution is 0.144. The van der Waals surface area contributed by atoms with Gasteiger partial charge in [0.2, 0.25) is 0 Å². The molecule has 138 valence electrons. The van der Waals surface area contributed by atoms with Gasteiger partial charge in [0.15, 0.2) is 0 Å². The molecule has 5 nitrogen and oxygen atoms in total. The molecule has 25 heavy (non-hydrogen) atoms. The van der Waals surface area contributed by atoms with Gasteiger partial charge in [-0.1, -0.05) is 36.8 Å². The van der Waals surface area contributed by atoms with E-state index in [1.54, 1.807) is 11.9 Å². The van der Waals surface area contributed by atoms with E-state index in [-0.39, 0.29) is 24.7 Å². The molecule has 1 saturated carbocycles. The smallest absolute Gasteiger partial charge is 0.317 e. The zero-order valence-electron chi connectivity index (χ0n) is 15.4. The van der Waals surface area contributed by atoms with Crippen molar-refractivity contribution in [2.24, 2.45) is 11.8 Å². The Bertz CT molecular complexity index is 565. The number of nitrogens with zero attached hydrogens (tertiary/aromatic N) is 2. The van der Waals surface area contributed by atoms with E-state index in [1.807, 2.05) is 6.92 Å². The standard InChI is InChI=1S/C20H31N3O2/c1-15(14-24)22(2)20(25)21-19-10-6-9-17-12-23(13-18(17)19)11-16-7-4-3-5-8-16/h3-5,7-8,15,17-19,24H,6,9-14H2,1-2H3,(H,21,25)/t15-,17-,18+,19-/m1/s1. The van der Waals surface area contributed by atoms with E-state index in [1.165, 1.54) is 18.4 Å². The number of aliphatic hydroxyl groups excluding tert-OH is 1. The molecule has 2 N–H and O–H groups in total. The Morgan fingerprint density at radius 1 is 1.32 bits per heavy atom. The predicted molar refractivity (Wildman–Crippen MR) is 99.2 cm³/mol. The molecule has 3 rings (SSSR count). The minimum Gasteiger partial charge on any atom is -0.394 e. The fourth-order valence-corrected chi connectivity index (χ4v) is 4.30. The van der Waals surface area contributed by atoms with Gasteiger partial charge in [-0.3, -0.25) is 4.90 Å². The van der Waals surface area contributed by atoms with Crippen molar-refractivity contribution < 1.29 is 9.90 Å². The van der Waals surface area contributed by atoms with Gasteiger partial charge >= 0.3 is 6.03 Å². The zero-order valence-corrected chi connectivity index (χ0v) is 15.4. The second kappa shape index (κ2) is 8.19. The van der Waals surface area contributed by atoms with E-state index in [0.29, 0.717) is 11.8 Å². The zero-order chi connectivity index (χ0) is 17.8. The number of carbonyl (C=O) groups excluding carboxylic acids is 1. The molecule has 0 bridgehead atoms. The van der Waals surface area contributed by atoms with Crippen LogP contribution in [0.1, 0.15) is 31.7 Å². The molecule has 0 aromatic heterocycles. The molecule has 1 aromatic carbocycles. The maximum absolute atomic E-state index is 12.5. The molecule has 1 aromatic rings. The number of nitrogens with one attached hydrogen (secondary N) is 1. The number of likely N-dealkylation sites (N-methyl/N-ethyl adjacent to an activating group) is 1. The van der Waals surface area contributed by atoms with Gasteiger partial charge in [-0.2, -0.15) is 0 Å². The molecule has 5 heteroatoms. The van der Waals surface area contributed by atoms with E-state index < -0.39 is 0 Å². The van der Waals surface area contributed by atoms with Crippen molar-refractivity contribution in [2.45, 2.75) is 44.8 Å². The van der Waals surface area contributed by atoms with Gasteiger partial charge in [0.1, 0.15) is 0 Å². The lowest BCUT2D eigenvalue weighted by Gasteiger charge is -2.35. The second-order valence-electron chi connectivity index (χ2n) is 7.73. The highest BCUT2D eigenvalue weighted by molar-refractivity contribution is 5.74. The van der Waals surface area contributed by atoms with Crippen LogP contribution in [0.5, 0.6) is 0 Å². The Balaban J connectivity index is 1.59. The van der Waals surface area contributed by atoms with Crippen molar-refractivity contribution in [3.63, 3.8) is 0 Å². The Labute approximate surface area is 151 Å². The first kappa shape index (κ1) is 18.2. The molecule has 2 aliphatic rings. The second-order valence-corrected chi connectivity index (χ2v) is 7.73. The van der Waals surface area contributed by atoms with Crippen molar-refractivity contribution in [3.05, 3.63) is 35.9 Å². The van der Waals surface area contributed by atoms with Crippen LogP contribution < -0.4 is 5.32 Å². The SMILES string of the molecule is C[C@H](CO)N(C)C(=O)N[C@@H]1CCC[C@@H]2CN(Cc3ccccc3)C[C@@H]21. The van der Waals surface area contributed by atoms with Gasteiger partial charge in [0, 0.05) is 32.7 Å². The summed E-state index contributed by atoms with van der Waals surface area (Å²) in [6, 6.07) is 10.7. The first-order valence-corrected chi connectivity index (χ1v) is 9.49. The van der Waals surface area contributed by atoms with Crippen LogP contribution in [0, 0.1) is 11.8 Å². The van der Waals surface area contributed by atoms with Crippen LogP contribution in [0.4, 0.5) is 4.79 Å². The number of hydrogen-bond donors (Lipinski definition) is 2. The number of fused-ring (bicyclic) bond motifs is 1. The Morgan fingerprint density at radius 2 is 2.08 bits per heavy atom. The number of hydrogen-bond acceptors (Lipinski definition) is 3. The summed E-state index contributed by atoms with van der Waals surface area (Å²) in [5, 5.41) is 12.5. The summed E-state index contributed by atoms with van der Waals surface area (Å²) in [4.78, 5) is 16.6. The van der Waals surface area contributed by atoms with E-state index in [0.717, 1.165) is 26.1 Å². The molecular formula is C20H31N3O2. The van der Waals surface area contributed by atoms with Crippen LogP contribution in [0.3, 0.4) is 0 Å². The first-order valence-electron chi connectivity index (χ1n) is 9.49. The summed E-state index contributed by atoms with van der Waals surface area (Å²) in [7, 11) is 1.76. The summed E-state index contributed by atoms with van der Waals surface area (Å²) in [6.07, 6.45) is 3.52. The summed E-state index contributed by atoms with van der Waals surface area (Å²) in [5.41, 5.74) is 1.36. The Morgan fingerprint density at radius 3 is 2.80 bits per heavy atom. The van der Waals surface area contributed by atoms with Gasteiger partial charge in [-0.15, -0.1) is 0 Å². The highest BCUT2D eigenvalue weighted by Crippen LogP contribution is 2.37. The van der Waals surface area contributed by atoms with Gasteiger partial charge in [-0.05, 0) is 37.2 Å². The number of carbonyl (C=O) groups is 1. The van der Waals surface area contributed by atoms with Crippen molar-refractivity contribution in [1.82, 2.24) is 15.1 Å². The molecule has 0 radical (unpaired) electrons. The van der Waals surface area contributed by atoms with Crippen LogP contribution in [-0.2, 0) is 6.54 Å². The number of urea groups is 1. The highest BCUT2D eigenvalue weighted by atomic mass is 16.3. The molecule has 2 fully saturated rings. The summed E-state index contributed by atoms with van der Waals surface area (Å²) in [6.45, 7) is 5.04. The number of aliphatic hydroxyl groups is 1. The molecule has 1 aliphatic carbocycles. The van der Waals surface area contributed by atoms with E-state index >= 15 is 0 Å². The van der Waals surface area contributed by atoms with Crippen LogP contribution in [0.2, 0.25) is 0 Å². The molecule has 1 aliphatic heterocycles. The fourth-order valence-electron chi connectivity index (χ4n) is 4.30. The van der Waals surface area contributed by atoms with Crippen LogP contribution in [0.15, 0.2) is 30.3 Å². The average Bonchev–Trinajstić information content (AvgIpc) is 3.04. The maximum Gasteiger partial charge on any atom is 0.317 e. The van der Waals surface area contributed by atoms with Gasteiger partial charge in [-0.25, -0.2) is 4.79 Å². The van der Waals surface area contributed by atoms with Crippen LogP contribution in [0.25, 0.3) is 0 Å². The quantitative estimate of drug-likeness (QED) is 0.861. The molecule has 0 unspecified atom stereocenters. The molecular weight excluding hydrogens is 314 g/mol. The third-order valence-corrected chi connectivity index (χ3v) is 5.98. The Kier molecular flexibility index (Phi) is 5.97. The molecule has 2 amide bonds. The van der Waals surface area contributed by atoms with E-state index in [9.17, 15) is 9.90 Å². The number of amides is 2. The number of rotatable bonds is 5. The summed E-state index contributed by atoms with van der Waals surface area (Å²) in [5.74, 6) is 1.22. The minimum absolute atomic E-state index is 0.00844.